The summed E-state index contributed by atoms with van der Waals surface area (Å²) in [5.41, 5.74) is -0.0172. The molecule has 1 aliphatic rings. The van der Waals surface area contributed by atoms with Crippen LogP contribution in [0.3, 0.4) is 0 Å². The van der Waals surface area contributed by atoms with Crippen molar-refractivity contribution in [3.63, 3.8) is 0 Å². The van der Waals surface area contributed by atoms with E-state index in [-0.39, 0.29) is 11.5 Å². The van der Waals surface area contributed by atoms with E-state index in [0.717, 1.165) is 12.8 Å². The summed E-state index contributed by atoms with van der Waals surface area (Å²) in [7, 11) is 0. The molecule has 0 spiro atoms. The second-order valence-electron chi connectivity index (χ2n) is 5.60. The lowest BCUT2D eigenvalue weighted by Crippen LogP contribution is -2.32. The number of rotatable bonds is 3. The van der Waals surface area contributed by atoms with Gasteiger partial charge >= 0.3 is 0 Å². The van der Waals surface area contributed by atoms with Crippen LogP contribution in [0.15, 0.2) is 29.1 Å². The van der Waals surface area contributed by atoms with Crippen molar-refractivity contribution in [2.24, 2.45) is 5.92 Å². The fourth-order valence-corrected chi connectivity index (χ4v) is 2.89. The van der Waals surface area contributed by atoms with E-state index in [1.807, 2.05) is 0 Å². The first-order valence-corrected chi connectivity index (χ1v) is 7.24. The number of amides is 1. The number of aromatic nitrogens is 1. The third-order valence-corrected chi connectivity index (χ3v) is 4.08. The van der Waals surface area contributed by atoms with Crippen molar-refractivity contribution in [3.05, 3.63) is 46.0 Å². The number of nitrogens with one attached hydrogen (secondary N) is 2. The van der Waals surface area contributed by atoms with Gasteiger partial charge in [0.15, 0.2) is 0 Å². The van der Waals surface area contributed by atoms with Crippen LogP contribution in [-0.4, -0.2) is 17.4 Å². The first kappa shape index (κ1) is 13.8. The number of carbonyl (C=O) groups is 1. The Bertz CT molecular complexity index is 733. The zero-order valence-corrected chi connectivity index (χ0v) is 11.6. The van der Waals surface area contributed by atoms with Crippen LogP contribution in [0.25, 0.3) is 10.9 Å². The molecule has 3 rings (SSSR count). The summed E-state index contributed by atoms with van der Waals surface area (Å²) in [5, 5.41) is 3.47. The van der Waals surface area contributed by atoms with E-state index < -0.39 is 11.4 Å². The Morgan fingerprint density at radius 3 is 2.81 bits per heavy atom. The molecule has 1 heterocycles. The first-order chi connectivity index (χ1) is 10.1. The van der Waals surface area contributed by atoms with Crippen LogP contribution in [-0.2, 0) is 0 Å². The van der Waals surface area contributed by atoms with E-state index >= 15 is 0 Å². The molecule has 0 unspecified atom stereocenters. The van der Waals surface area contributed by atoms with Crippen molar-refractivity contribution in [2.75, 3.05) is 6.54 Å². The highest BCUT2D eigenvalue weighted by Crippen LogP contribution is 2.23. The van der Waals surface area contributed by atoms with E-state index in [4.69, 9.17) is 0 Å². The van der Waals surface area contributed by atoms with Crippen LogP contribution in [0.1, 0.15) is 36.0 Å². The van der Waals surface area contributed by atoms with Crippen molar-refractivity contribution in [3.8, 4) is 0 Å². The zero-order chi connectivity index (χ0) is 14.8. The minimum atomic E-state index is -0.489. The zero-order valence-electron chi connectivity index (χ0n) is 11.6. The van der Waals surface area contributed by atoms with Crippen LogP contribution >= 0.6 is 0 Å². The SMILES string of the molecule is O=C(NCC1CCCC1)c1cc2ccc(F)cc2[nH]c1=O. The highest BCUT2D eigenvalue weighted by molar-refractivity contribution is 5.97. The lowest BCUT2D eigenvalue weighted by atomic mass is 10.1. The predicted molar refractivity (Wildman–Crippen MR) is 78.8 cm³/mol. The van der Waals surface area contributed by atoms with Gasteiger partial charge in [-0.2, -0.15) is 0 Å². The predicted octanol–water partition coefficient (Wildman–Crippen LogP) is 2.59. The number of halogens is 1. The largest absolute Gasteiger partial charge is 0.352 e. The molecular formula is C16H17FN2O2. The average Bonchev–Trinajstić information content (AvgIpc) is 2.97. The molecule has 1 saturated carbocycles. The average molecular weight is 288 g/mol. The Hall–Kier alpha value is -2.17. The van der Waals surface area contributed by atoms with Gasteiger partial charge in [0.05, 0.1) is 5.52 Å². The molecule has 2 aromatic rings. The van der Waals surface area contributed by atoms with Crippen LogP contribution in [0.2, 0.25) is 0 Å². The highest BCUT2D eigenvalue weighted by Gasteiger charge is 2.17. The second kappa shape index (κ2) is 5.68. The lowest BCUT2D eigenvalue weighted by Gasteiger charge is -2.10. The van der Waals surface area contributed by atoms with E-state index in [0.29, 0.717) is 23.4 Å². The maximum Gasteiger partial charge on any atom is 0.261 e. The Morgan fingerprint density at radius 2 is 2.05 bits per heavy atom. The summed E-state index contributed by atoms with van der Waals surface area (Å²) in [6, 6.07) is 5.61. The summed E-state index contributed by atoms with van der Waals surface area (Å²) in [4.78, 5) is 26.6. The smallest absolute Gasteiger partial charge is 0.261 e. The molecule has 21 heavy (non-hydrogen) atoms. The second-order valence-corrected chi connectivity index (χ2v) is 5.60. The van der Waals surface area contributed by atoms with E-state index in [1.165, 1.54) is 31.0 Å². The van der Waals surface area contributed by atoms with Crippen LogP contribution < -0.4 is 10.9 Å². The number of hydrogen-bond acceptors (Lipinski definition) is 2. The van der Waals surface area contributed by atoms with Gasteiger partial charge in [-0.25, -0.2) is 4.39 Å². The Morgan fingerprint density at radius 1 is 1.29 bits per heavy atom. The quantitative estimate of drug-likeness (QED) is 0.912. The van der Waals surface area contributed by atoms with Crippen molar-refractivity contribution in [1.82, 2.24) is 10.3 Å². The van der Waals surface area contributed by atoms with Crippen molar-refractivity contribution >= 4 is 16.8 Å². The standard InChI is InChI=1S/C16H17FN2O2/c17-12-6-5-11-7-13(16(21)19-14(11)8-12)15(20)18-9-10-3-1-2-4-10/h5-8,10H,1-4,9H2,(H,18,20)(H,19,21). The van der Waals surface area contributed by atoms with Gasteiger partial charge in [-0.3, -0.25) is 9.59 Å². The summed E-state index contributed by atoms with van der Waals surface area (Å²) in [5.74, 6) is -0.270. The number of carbonyl (C=O) groups excluding carboxylic acids is 1. The van der Waals surface area contributed by atoms with Gasteiger partial charge in [0.2, 0.25) is 0 Å². The molecule has 1 amide bonds. The number of hydrogen-bond donors (Lipinski definition) is 2. The maximum absolute atomic E-state index is 13.1. The summed E-state index contributed by atoms with van der Waals surface area (Å²) in [6.45, 7) is 0.611. The molecule has 0 saturated heterocycles. The molecule has 1 aliphatic carbocycles. The number of fused-ring (bicyclic) bond motifs is 1. The van der Waals surface area contributed by atoms with Crippen LogP contribution in [0.5, 0.6) is 0 Å². The molecule has 110 valence electrons. The molecule has 0 bridgehead atoms. The van der Waals surface area contributed by atoms with Crippen molar-refractivity contribution in [1.29, 1.82) is 0 Å². The molecule has 0 radical (unpaired) electrons. The fourth-order valence-electron chi connectivity index (χ4n) is 2.89. The van der Waals surface area contributed by atoms with E-state index in [2.05, 4.69) is 10.3 Å². The Labute approximate surface area is 121 Å². The molecule has 2 N–H and O–H groups in total. The molecule has 0 aliphatic heterocycles. The van der Waals surface area contributed by atoms with Gasteiger partial charge in [-0.1, -0.05) is 12.8 Å². The minimum Gasteiger partial charge on any atom is -0.352 e. The number of pyridine rings is 1. The highest BCUT2D eigenvalue weighted by atomic mass is 19.1. The number of aromatic amines is 1. The molecule has 1 aromatic carbocycles. The molecule has 5 heteroatoms. The fraction of sp³-hybridized carbons (Fsp3) is 0.375. The summed E-state index contributed by atoms with van der Waals surface area (Å²) >= 11 is 0. The minimum absolute atomic E-state index is 0.0760. The van der Waals surface area contributed by atoms with E-state index in [1.54, 1.807) is 6.07 Å². The van der Waals surface area contributed by atoms with Crippen molar-refractivity contribution in [2.45, 2.75) is 25.7 Å². The van der Waals surface area contributed by atoms with Gasteiger partial charge in [0.25, 0.3) is 11.5 Å². The monoisotopic (exact) mass is 288 g/mol. The molecule has 1 fully saturated rings. The first-order valence-electron chi connectivity index (χ1n) is 7.24. The third kappa shape index (κ3) is 2.96. The normalized spacial score (nSPS) is 15.5. The Kier molecular flexibility index (Phi) is 3.73. The topological polar surface area (TPSA) is 62.0 Å². The van der Waals surface area contributed by atoms with Gasteiger partial charge in [0, 0.05) is 6.54 Å². The molecule has 1 aromatic heterocycles. The lowest BCUT2D eigenvalue weighted by molar-refractivity contribution is 0.0946. The molecule has 4 nitrogen and oxygen atoms in total. The summed E-state index contributed by atoms with van der Waals surface area (Å²) < 4.78 is 13.1. The van der Waals surface area contributed by atoms with Gasteiger partial charge < -0.3 is 10.3 Å². The summed E-state index contributed by atoms with van der Waals surface area (Å²) in [6.07, 6.45) is 4.69. The number of H-pyrrole nitrogens is 1. The van der Waals surface area contributed by atoms with E-state index in [9.17, 15) is 14.0 Å². The van der Waals surface area contributed by atoms with Gasteiger partial charge in [-0.05, 0) is 48.4 Å². The Balaban J connectivity index is 1.82. The van der Waals surface area contributed by atoms with Gasteiger partial charge in [0.1, 0.15) is 11.4 Å². The molecule has 0 atom stereocenters. The molecular weight excluding hydrogens is 271 g/mol. The van der Waals surface area contributed by atoms with Gasteiger partial charge in [-0.15, -0.1) is 0 Å². The maximum atomic E-state index is 13.1. The van der Waals surface area contributed by atoms with Crippen LogP contribution in [0, 0.1) is 11.7 Å². The van der Waals surface area contributed by atoms with Crippen LogP contribution in [0.4, 0.5) is 4.39 Å². The van der Waals surface area contributed by atoms with Crippen molar-refractivity contribution < 1.29 is 9.18 Å². The third-order valence-electron chi connectivity index (χ3n) is 4.08. The number of benzene rings is 1.